The number of benzene rings is 2. The number of hydrogen-bond acceptors (Lipinski definition) is 3. The molecule has 0 atom stereocenters. The summed E-state index contributed by atoms with van der Waals surface area (Å²) in [6.07, 6.45) is 0.0919. The van der Waals surface area contributed by atoms with Crippen LogP contribution in [-0.2, 0) is 11.2 Å². The normalized spacial score (nSPS) is 15.9. The standard InChI is InChI=1S/C16H9FN2O3/c17-11-5-8-6-14(20)18-12(8)7-13(11)19-15(21)9-3-1-2-4-10(9)16(19)22/h1-5,7H,6H2,(H,18,20). The number of carbonyl (C=O) groups excluding carboxylic acids is 3. The average Bonchev–Trinajstić information content (AvgIpc) is 2.97. The van der Waals surface area contributed by atoms with E-state index in [9.17, 15) is 18.8 Å². The number of halogens is 1. The molecular formula is C16H9FN2O3. The largest absolute Gasteiger partial charge is 0.325 e. The van der Waals surface area contributed by atoms with E-state index in [0.717, 1.165) is 4.90 Å². The smallest absolute Gasteiger partial charge is 0.266 e. The van der Waals surface area contributed by atoms with Crippen molar-refractivity contribution in [2.45, 2.75) is 6.42 Å². The Morgan fingerprint density at radius 2 is 1.64 bits per heavy atom. The number of imide groups is 1. The second-order valence-corrected chi connectivity index (χ2v) is 5.18. The van der Waals surface area contributed by atoms with Crippen LogP contribution in [0.2, 0.25) is 0 Å². The lowest BCUT2D eigenvalue weighted by molar-refractivity contribution is -0.115. The number of fused-ring (bicyclic) bond motifs is 2. The van der Waals surface area contributed by atoms with E-state index < -0.39 is 17.6 Å². The van der Waals surface area contributed by atoms with E-state index in [2.05, 4.69) is 5.32 Å². The first kappa shape index (κ1) is 12.7. The highest BCUT2D eigenvalue weighted by Gasteiger charge is 2.38. The SMILES string of the molecule is O=C1Cc2cc(F)c(N3C(=O)c4ccccc4C3=O)cc2N1. The molecule has 0 bridgehead atoms. The van der Waals surface area contributed by atoms with Crippen LogP contribution < -0.4 is 10.2 Å². The highest BCUT2D eigenvalue weighted by molar-refractivity contribution is 6.34. The van der Waals surface area contributed by atoms with Gasteiger partial charge < -0.3 is 5.32 Å². The summed E-state index contributed by atoms with van der Waals surface area (Å²) in [6.45, 7) is 0. The Hall–Kier alpha value is -3.02. The number of carbonyl (C=O) groups is 3. The molecule has 5 nitrogen and oxygen atoms in total. The maximum atomic E-state index is 14.3. The van der Waals surface area contributed by atoms with Crippen LogP contribution in [0.4, 0.5) is 15.8 Å². The third-order valence-corrected chi connectivity index (χ3v) is 3.83. The van der Waals surface area contributed by atoms with Gasteiger partial charge in [0.05, 0.1) is 23.2 Å². The Labute approximate surface area is 124 Å². The quantitative estimate of drug-likeness (QED) is 0.820. The molecule has 0 aliphatic carbocycles. The number of amides is 3. The molecule has 0 fully saturated rings. The minimum atomic E-state index is -0.704. The summed E-state index contributed by atoms with van der Waals surface area (Å²) in [4.78, 5) is 36.9. The van der Waals surface area contributed by atoms with Crippen molar-refractivity contribution < 1.29 is 18.8 Å². The zero-order chi connectivity index (χ0) is 15.4. The molecule has 0 aromatic heterocycles. The molecule has 0 spiro atoms. The lowest BCUT2D eigenvalue weighted by Crippen LogP contribution is -2.30. The fourth-order valence-corrected chi connectivity index (χ4v) is 2.81. The molecule has 6 heteroatoms. The third-order valence-electron chi connectivity index (χ3n) is 3.83. The van der Waals surface area contributed by atoms with E-state index in [-0.39, 0.29) is 29.1 Å². The van der Waals surface area contributed by atoms with Crippen LogP contribution in [0.3, 0.4) is 0 Å². The molecule has 108 valence electrons. The van der Waals surface area contributed by atoms with Gasteiger partial charge >= 0.3 is 0 Å². The predicted molar refractivity (Wildman–Crippen MR) is 76.3 cm³/mol. The lowest BCUT2D eigenvalue weighted by atomic mass is 10.1. The van der Waals surface area contributed by atoms with Crippen molar-refractivity contribution >= 4 is 29.1 Å². The Bertz CT molecular complexity index is 841. The maximum Gasteiger partial charge on any atom is 0.266 e. The molecule has 4 rings (SSSR count). The van der Waals surface area contributed by atoms with Crippen molar-refractivity contribution in [3.8, 4) is 0 Å². The fourth-order valence-electron chi connectivity index (χ4n) is 2.81. The number of rotatable bonds is 1. The highest BCUT2D eigenvalue weighted by Crippen LogP contribution is 2.35. The zero-order valence-corrected chi connectivity index (χ0v) is 11.2. The second-order valence-electron chi connectivity index (χ2n) is 5.18. The lowest BCUT2D eigenvalue weighted by Gasteiger charge is -2.16. The van der Waals surface area contributed by atoms with Crippen molar-refractivity contribution in [3.63, 3.8) is 0 Å². The molecule has 2 heterocycles. The molecule has 3 amide bonds. The summed E-state index contributed by atoms with van der Waals surface area (Å²) in [5.41, 5.74) is 1.29. The number of hydrogen-bond donors (Lipinski definition) is 1. The summed E-state index contributed by atoms with van der Waals surface area (Å²) in [5.74, 6) is -2.08. The van der Waals surface area contributed by atoms with E-state index >= 15 is 0 Å². The summed E-state index contributed by atoms with van der Waals surface area (Å²) in [5, 5.41) is 2.58. The van der Waals surface area contributed by atoms with Gasteiger partial charge in [0.25, 0.3) is 11.8 Å². The molecule has 1 N–H and O–H groups in total. The Morgan fingerprint density at radius 1 is 1.00 bits per heavy atom. The summed E-state index contributed by atoms with van der Waals surface area (Å²) in [7, 11) is 0. The first-order valence-electron chi connectivity index (χ1n) is 6.66. The van der Waals surface area contributed by atoms with Crippen LogP contribution in [0.15, 0.2) is 36.4 Å². The van der Waals surface area contributed by atoms with Crippen LogP contribution in [0, 0.1) is 5.82 Å². The van der Waals surface area contributed by atoms with Crippen LogP contribution in [0.25, 0.3) is 0 Å². The van der Waals surface area contributed by atoms with Gasteiger partial charge in [0.1, 0.15) is 5.82 Å². The monoisotopic (exact) mass is 296 g/mol. The van der Waals surface area contributed by atoms with Crippen LogP contribution in [0.5, 0.6) is 0 Å². The summed E-state index contributed by atoms with van der Waals surface area (Å²) in [6, 6.07) is 8.87. The molecule has 0 saturated heterocycles. The molecule has 2 aromatic carbocycles. The van der Waals surface area contributed by atoms with Gasteiger partial charge in [0, 0.05) is 5.69 Å². The molecule has 0 saturated carbocycles. The first-order valence-corrected chi connectivity index (χ1v) is 6.66. The maximum absolute atomic E-state index is 14.3. The highest BCUT2D eigenvalue weighted by atomic mass is 19.1. The summed E-state index contributed by atoms with van der Waals surface area (Å²) < 4.78 is 14.3. The molecule has 22 heavy (non-hydrogen) atoms. The zero-order valence-electron chi connectivity index (χ0n) is 11.2. The van der Waals surface area contributed by atoms with E-state index in [4.69, 9.17) is 0 Å². The van der Waals surface area contributed by atoms with E-state index in [1.807, 2.05) is 0 Å². The molecule has 0 unspecified atom stereocenters. The van der Waals surface area contributed by atoms with Gasteiger partial charge in [-0.15, -0.1) is 0 Å². The minimum Gasteiger partial charge on any atom is -0.325 e. The molecule has 0 radical (unpaired) electrons. The van der Waals surface area contributed by atoms with Crippen molar-refractivity contribution in [3.05, 3.63) is 58.9 Å². The van der Waals surface area contributed by atoms with Crippen molar-refractivity contribution in [1.29, 1.82) is 0 Å². The second kappa shape index (κ2) is 4.24. The van der Waals surface area contributed by atoms with Crippen molar-refractivity contribution in [2.24, 2.45) is 0 Å². The average molecular weight is 296 g/mol. The van der Waals surface area contributed by atoms with Crippen LogP contribution >= 0.6 is 0 Å². The number of nitrogens with zero attached hydrogens (tertiary/aromatic N) is 1. The van der Waals surface area contributed by atoms with Gasteiger partial charge in [-0.25, -0.2) is 9.29 Å². The van der Waals surface area contributed by atoms with Gasteiger partial charge in [-0.05, 0) is 29.8 Å². The predicted octanol–water partition coefficient (Wildman–Crippen LogP) is 2.12. The topological polar surface area (TPSA) is 66.5 Å². The first-order chi connectivity index (χ1) is 10.6. The van der Waals surface area contributed by atoms with Gasteiger partial charge in [-0.1, -0.05) is 12.1 Å². The van der Waals surface area contributed by atoms with Crippen molar-refractivity contribution in [2.75, 3.05) is 10.2 Å². The van der Waals surface area contributed by atoms with Crippen LogP contribution in [0.1, 0.15) is 26.3 Å². The van der Waals surface area contributed by atoms with E-state index in [1.165, 1.54) is 24.3 Å². The Kier molecular flexibility index (Phi) is 2.45. The van der Waals surface area contributed by atoms with Gasteiger partial charge in [-0.2, -0.15) is 0 Å². The van der Waals surface area contributed by atoms with Gasteiger partial charge in [-0.3, -0.25) is 14.4 Å². The van der Waals surface area contributed by atoms with E-state index in [1.54, 1.807) is 12.1 Å². The van der Waals surface area contributed by atoms with Gasteiger partial charge in [0.2, 0.25) is 5.91 Å². The van der Waals surface area contributed by atoms with Crippen molar-refractivity contribution in [1.82, 2.24) is 0 Å². The molecule has 2 aliphatic heterocycles. The molecular weight excluding hydrogens is 287 g/mol. The summed E-state index contributed by atoms with van der Waals surface area (Å²) >= 11 is 0. The van der Waals surface area contributed by atoms with E-state index in [0.29, 0.717) is 11.3 Å². The Balaban J connectivity index is 1.85. The number of nitrogens with one attached hydrogen (secondary N) is 1. The number of anilines is 2. The van der Waals surface area contributed by atoms with Gasteiger partial charge in [0.15, 0.2) is 0 Å². The molecule has 2 aromatic rings. The third kappa shape index (κ3) is 1.60. The van der Waals surface area contributed by atoms with Crippen LogP contribution in [-0.4, -0.2) is 17.7 Å². The fraction of sp³-hybridized carbons (Fsp3) is 0.0625. The Morgan fingerprint density at radius 3 is 2.27 bits per heavy atom. The minimum absolute atomic E-state index is 0.0919. The molecule has 2 aliphatic rings.